The van der Waals surface area contributed by atoms with Gasteiger partial charge in [-0.2, -0.15) is 0 Å². The molecule has 6 nitrogen and oxygen atoms in total. The van der Waals surface area contributed by atoms with Crippen LogP contribution in [-0.2, 0) is 10.0 Å². The summed E-state index contributed by atoms with van der Waals surface area (Å²) in [5.74, 6) is -1.20. The number of carbonyl (C=O) groups is 1. The number of hydrogen-bond donors (Lipinski definition) is 2. The van der Waals surface area contributed by atoms with Crippen LogP contribution in [0.4, 0.5) is 5.82 Å². The molecule has 1 aromatic carbocycles. The number of carboxylic acid groups (broad SMARTS) is 1. The molecule has 1 heterocycles. The molecule has 0 atom stereocenters. The summed E-state index contributed by atoms with van der Waals surface area (Å²) in [6, 6.07) is 11.3. The minimum atomic E-state index is -3.76. The van der Waals surface area contributed by atoms with Crippen molar-refractivity contribution < 1.29 is 18.3 Å². The molecule has 0 saturated carbocycles. The maximum atomic E-state index is 11.9. The normalized spacial score (nSPS) is 11.4. The van der Waals surface area contributed by atoms with E-state index in [1.807, 2.05) is 6.07 Å². The Morgan fingerprint density at radius 2 is 1.90 bits per heavy atom. The van der Waals surface area contributed by atoms with Gasteiger partial charge in [-0.3, -0.25) is 4.72 Å². The fourth-order valence-electron chi connectivity index (χ4n) is 1.53. The van der Waals surface area contributed by atoms with E-state index in [2.05, 4.69) is 9.71 Å². The van der Waals surface area contributed by atoms with E-state index < -0.39 is 16.0 Å². The Kier molecular flexibility index (Phi) is 4.34. The molecule has 2 N–H and O–H groups in total. The van der Waals surface area contributed by atoms with Crippen molar-refractivity contribution in [2.45, 2.75) is 0 Å². The summed E-state index contributed by atoms with van der Waals surface area (Å²) in [4.78, 5) is 14.6. The molecule has 0 aliphatic carbocycles. The molecule has 0 bridgehead atoms. The van der Waals surface area contributed by atoms with Crippen LogP contribution in [0, 0.1) is 0 Å². The van der Waals surface area contributed by atoms with Gasteiger partial charge in [0, 0.05) is 6.20 Å². The first-order valence-electron chi connectivity index (χ1n) is 5.91. The van der Waals surface area contributed by atoms with Crippen LogP contribution >= 0.6 is 0 Å². The Morgan fingerprint density at radius 1 is 1.19 bits per heavy atom. The fourth-order valence-corrected chi connectivity index (χ4v) is 2.34. The molecule has 0 radical (unpaired) electrons. The summed E-state index contributed by atoms with van der Waals surface area (Å²) in [6.45, 7) is 0. The number of carboxylic acids is 1. The lowest BCUT2D eigenvalue weighted by Gasteiger charge is -2.04. The maximum absolute atomic E-state index is 11.9. The first-order chi connectivity index (χ1) is 9.96. The van der Waals surface area contributed by atoms with Gasteiger partial charge in [0.1, 0.15) is 5.82 Å². The van der Waals surface area contributed by atoms with Gasteiger partial charge in [0.15, 0.2) is 0 Å². The molecule has 2 aromatic rings. The van der Waals surface area contributed by atoms with Crippen LogP contribution in [0.3, 0.4) is 0 Å². The minimum absolute atomic E-state index is 0.0465. The van der Waals surface area contributed by atoms with E-state index >= 15 is 0 Å². The third kappa shape index (κ3) is 4.43. The molecule has 1 aromatic heterocycles. The Balaban J connectivity index is 2.16. The summed E-state index contributed by atoms with van der Waals surface area (Å²) in [5.41, 5.74) is 0.685. The van der Waals surface area contributed by atoms with Crippen molar-refractivity contribution in [1.29, 1.82) is 0 Å². The molecule has 21 heavy (non-hydrogen) atoms. The highest BCUT2D eigenvalue weighted by Crippen LogP contribution is 2.10. The Labute approximate surface area is 121 Å². The van der Waals surface area contributed by atoms with E-state index in [4.69, 9.17) is 5.11 Å². The number of pyridine rings is 1. The molecule has 0 saturated heterocycles. The van der Waals surface area contributed by atoms with Gasteiger partial charge in [0.2, 0.25) is 0 Å². The van der Waals surface area contributed by atoms with Crippen LogP contribution in [0.2, 0.25) is 0 Å². The topological polar surface area (TPSA) is 96.4 Å². The zero-order valence-electron chi connectivity index (χ0n) is 10.8. The van der Waals surface area contributed by atoms with E-state index in [0.29, 0.717) is 0 Å². The van der Waals surface area contributed by atoms with E-state index in [1.54, 1.807) is 24.3 Å². The zero-order chi connectivity index (χ0) is 15.3. The van der Waals surface area contributed by atoms with E-state index in [9.17, 15) is 13.2 Å². The van der Waals surface area contributed by atoms with Crippen LogP contribution in [0.15, 0.2) is 54.1 Å². The van der Waals surface area contributed by atoms with Crippen molar-refractivity contribution in [1.82, 2.24) is 4.98 Å². The summed E-state index contributed by atoms with van der Waals surface area (Å²) in [6.07, 6.45) is 2.66. The van der Waals surface area contributed by atoms with E-state index in [-0.39, 0.29) is 11.4 Å². The SMILES string of the molecule is O=C(O)c1ccnc(NS(=O)(=O)C=Cc2ccccc2)c1. The molecule has 2 rings (SSSR count). The molecular formula is C14H12N2O4S. The molecule has 0 spiro atoms. The average molecular weight is 304 g/mol. The smallest absolute Gasteiger partial charge is 0.335 e. The van der Waals surface area contributed by atoms with Crippen LogP contribution in [0.25, 0.3) is 6.08 Å². The molecule has 0 amide bonds. The standard InChI is InChI=1S/C14H12N2O4S/c17-14(18)12-6-8-15-13(10-12)16-21(19,20)9-7-11-4-2-1-3-5-11/h1-10H,(H,15,16)(H,17,18). The summed E-state index contributed by atoms with van der Waals surface area (Å²) in [7, 11) is -3.76. The second-order valence-electron chi connectivity index (χ2n) is 4.10. The van der Waals surface area contributed by atoms with Crippen molar-refractivity contribution in [2.24, 2.45) is 0 Å². The highest BCUT2D eigenvalue weighted by molar-refractivity contribution is 7.95. The van der Waals surface area contributed by atoms with Crippen LogP contribution in [0.5, 0.6) is 0 Å². The van der Waals surface area contributed by atoms with Gasteiger partial charge in [0.05, 0.1) is 11.0 Å². The lowest BCUT2D eigenvalue weighted by molar-refractivity contribution is 0.0697. The van der Waals surface area contributed by atoms with Crippen molar-refractivity contribution >= 4 is 27.9 Å². The molecular weight excluding hydrogens is 292 g/mol. The molecule has 108 valence electrons. The number of rotatable bonds is 5. The number of aromatic carboxylic acids is 1. The summed E-state index contributed by atoms with van der Waals surface area (Å²) < 4.78 is 25.9. The number of nitrogens with zero attached hydrogens (tertiary/aromatic N) is 1. The minimum Gasteiger partial charge on any atom is -0.478 e. The Morgan fingerprint density at radius 3 is 2.57 bits per heavy atom. The van der Waals surface area contributed by atoms with Gasteiger partial charge < -0.3 is 5.11 Å². The summed E-state index contributed by atoms with van der Waals surface area (Å²) >= 11 is 0. The average Bonchev–Trinajstić information content (AvgIpc) is 2.46. The molecule has 0 aliphatic heterocycles. The number of benzene rings is 1. The lowest BCUT2D eigenvalue weighted by atomic mass is 10.2. The third-order valence-corrected chi connectivity index (χ3v) is 3.48. The van der Waals surface area contributed by atoms with Crippen LogP contribution in [-0.4, -0.2) is 24.5 Å². The number of nitrogens with one attached hydrogen (secondary N) is 1. The largest absolute Gasteiger partial charge is 0.478 e. The molecule has 0 unspecified atom stereocenters. The molecule has 0 aliphatic rings. The monoisotopic (exact) mass is 304 g/mol. The van der Waals surface area contributed by atoms with Crippen LogP contribution < -0.4 is 4.72 Å². The van der Waals surface area contributed by atoms with Gasteiger partial charge in [0.25, 0.3) is 10.0 Å². The Hall–Kier alpha value is -2.67. The highest BCUT2D eigenvalue weighted by atomic mass is 32.2. The zero-order valence-corrected chi connectivity index (χ0v) is 11.6. The van der Waals surface area contributed by atoms with Gasteiger partial charge >= 0.3 is 5.97 Å². The number of sulfonamides is 1. The number of hydrogen-bond acceptors (Lipinski definition) is 4. The second-order valence-corrected chi connectivity index (χ2v) is 5.66. The van der Waals surface area contributed by atoms with Gasteiger partial charge in [-0.1, -0.05) is 30.3 Å². The quantitative estimate of drug-likeness (QED) is 0.882. The summed E-state index contributed by atoms with van der Waals surface area (Å²) in [5, 5.41) is 9.84. The van der Waals surface area contributed by atoms with Crippen LogP contribution in [0.1, 0.15) is 15.9 Å². The predicted molar refractivity (Wildman–Crippen MR) is 79.2 cm³/mol. The first kappa shape index (κ1) is 14.7. The highest BCUT2D eigenvalue weighted by Gasteiger charge is 2.09. The van der Waals surface area contributed by atoms with Gasteiger partial charge in [-0.05, 0) is 23.8 Å². The van der Waals surface area contributed by atoms with E-state index in [1.165, 1.54) is 18.3 Å². The van der Waals surface area contributed by atoms with Crippen molar-refractivity contribution in [3.8, 4) is 0 Å². The number of aromatic nitrogens is 1. The number of anilines is 1. The predicted octanol–water partition coefficient (Wildman–Crippen LogP) is 2.19. The van der Waals surface area contributed by atoms with Gasteiger partial charge in [-0.25, -0.2) is 18.2 Å². The Bertz CT molecular complexity index is 771. The molecule has 7 heteroatoms. The van der Waals surface area contributed by atoms with Crippen molar-refractivity contribution in [3.05, 3.63) is 65.2 Å². The third-order valence-electron chi connectivity index (χ3n) is 2.49. The van der Waals surface area contributed by atoms with Gasteiger partial charge in [-0.15, -0.1) is 0 Å². The maximum Gasteiger partial charge on any atom is 0.335 e. The molecule has 0 fully saturated rings. The van der Waals surface area contributed by atoms with Crippen molar-refractivity contribution in [3.63, 3.8) is 0 Å². The van der Waals surface area contributed by atoms with Crippen molar-refractivity contribution in [2.75, 3.05) is 4.72 Å². The van der Waals surface area contributed by atoms with E-state index in [0.717, 1.165) is 17.0 Å². The lowest BCUT2D eigenvalue weighted by Crippen LogP contribution is -2.11. The first-order valence-corrected chi connectivity index (χ1v) is 7.46. The fraction of sp³-hybridized carbons (Fsp3) is 0. The second kappa shape index (κ2) is 6.19.